The molecule has 1 rings (SSSR count). The van der Waals surface area contributed by atoms with Gasteiger partial charge in [0.25, 0.3) is 0 Å². The Balaban J connectivity index is 0.0000281. The smallest absolute Gasteiger partial charge is 0.756 e. The van der Waals surface area contributed by atoms with Gasteiger partial charge >= 0.3 is 23.0 Å². The molecule has 0 aliphatic rings. The summed E-state index contributed by atoms with van der Waals surface area (Å²) in [6.45, 7) is 2.23. The molecule has 17 nitrogen and oxygen atoms in total. The van der Waals surface area contributed by atoms with Gasteiger partial charge in [-0.25, -0.2) is 0 Å². The van der Waals surface area contributed by atoms with Crippen LogP contribution in [0.2, 0.25) is 0 Å². The van der Waals surface area contributed by atoms with Crippen molar-refractivity contribution in [2.45, 2.75) is 109 Å². The number of benzene rings is 1. The molecule has 1 radical (unpaired) electrons. The van der Waals surface area contributed by atoms with Gasteiger partial charge in [0.05, 0.1) is 6.42 Å². The van der Waals surface area contributed by atoms with Crippen molar-refractivity contribution in [2.75, 3.05) is 39.3 Å². The second-order valence-electron chi connectivity index (χ2n) is 12.8. The number of hydrogen-bond donors (Lipinski definition) is 4. The maximum absolute atomic E-state index is 12.3. The van der Waals surface area contributed by atoms with Crippen LogP contribution in [0, 0.1) is 15.6 Å². The molecule has 1 aromatic carbocycles. The van der Waals surface area contributed by atoms with Gasteiger partial charge in [0.1, 0.15) is 0 Å². The standard InChI is InChI=1S/C36H55N6O11.Fe/c1-28(43)40(51)23-11-3-8-20-37-31(44)16-18-34(47)41(52)24-12-4-9-21-38-32(45)17-19-35(48)42(53)25-13-5-10-22-39-33(46)26-30(27-36(49)50)29-14-6-2-7-15-29;/h2,6-7,14-15,30H,3-5,8-13,16-27H2,1H3,(H,37,44)(H,38,45)(H,39,46)(H,49,50);/q-3;+3. The maximum Gasteiger partial charge on any atom is 3.00 e. The van der Waals surface area contributed by atoms with Crippen LogP contribution in [0.4, 0.5) is 0 Å². The summed E-state index contributed by atoms with van der Waals surface area (Å²) in [4.78, 5) is 82.5. The molecule has 0 spiro atoms. The molecule has 0 fully saturated rings. The summed E-state index contributed by atoms with van der Waals surface area (Å²) in [6, 6.07) is 8.98. The first-order chi connectivity index (χ1) is 25.3. The molecule has 1 unspecified atom stereocenters. The van der Waals surface area contributed by atoms with Gasteiger partial charge in [-0.15, -0.1) is 0 Å². The number of carbonyl (C=O) groups excluding carboxylic acids is 6. The van der Waals surface area contributed by atoms with E-state index in [0.29, 0.717) is 92.6 Å². The van der Waals surface area contributed by atoms with Crippen LogP contribution in [0.15, 0.2) is 30.3 Å². The molecular formula is C36H55FeN6O11. The Morgan fingerprint density at radius 2 is 0.981 bits per heavy atom. The van der Waals surface area contributed by atoms with Crippen LogP contribution < -0.4 is 16.0 Å². The maximum atomic E-state index is 12.3. The minimum atomic E-state index is -0.986. The molecule has 0 aliphatic heterocycles. The number of aliphatic carboxylic acids is 1. The number of nitrogens with zero attached hydrogens (tertiary/aromatic N) is 3. The van der Waals surface area contributed by atoms with Crippen molar-refractivity contribution in [3.63, 3.8) is 0 Å². The van der Waals surface area contributed by atoms with E-state index in [1.807, 2.05) is 6.07 Å². The zero-order valence-corrected chi connectivity index (χ0v) is 32.1. The number of carboxylic acids is 1. The van der Waals surface area contributed by atoms with E-state index in [1.165, 1.54) is 6.92 Å². The number of carbonyl (C=O) groups is 7. The van der Waals surface area contributed by atoms with Crippen LogP contribution in [0.25, 0.3) is 0 Å². The van der Waals surface area contributed by atoms with Gasteiger partial charge in [-0.3, -0.25) is 33.6 Å². The van der Waals surface area contributed by atoms with Crippen molar-refractivity contribution < 1.29 is 55.7 Å². The van der Waals surface area contributed by atoms with Gasteiger partial charge < -0.3 is 51.9 Å². The molecule has 18 heteroatoms. The fourth-order valence-electron chi connectivity index (χ4n) is 5.17. The van der Waals surface area contributed by atoms with Crippen molar-refractivity contribution in [3.8, 4) is 0 Å². The number of hydrogen-bond acceptors (Lipinski definition) is 10. The summed E-state index contributed by atoms with van der Waals surface area (Å²) in [6.07, 6.45) is 4.01. The Morgan fingerprint density at radius 3 is 1.39 bits per heavy atom. The van der Waals surface area contributed by atoms with E-state index in [0.717, 1.165) is 5.56 Å². The van der Waals surface area contributed by atoms with Crippen molar-refractivity contribution in [1.82, 2.24) is 31.1 Å². The predicted octanol–water partition coefficient (Wildman–Crippen LogP) is 3.05. The minimum Gasteiger partial charge on any atom is -0.756 e. The Bertz CT molecular complexity index is 1290. The molecule has 0 heterocycles. The van der Waals surface area contributed by atoms with Crippen LogP contribution in [-0.2, 0) is 50.6 Å². The van der Waals surface area contributed by atoms with Crippen LogP contribution in [0.1, 0.15) is 115 Å². The molecule has 1 atom stereocenters. The Kier molecular flexibility index (Phi) is 28.0. The summed E-state index contributed by atoms with van der Waals surface area (Å²) >= 11 is 0. The van der Waals surface area contributed by atoms with Crippen molar-refractivity contribution in [2.24, 2.45) is 0 Å². The molecule has 0 saturated carbocycles. The van der Waals surface area contributed by atoms with Gasteiger partial charge in [0.15, 0.2) is 0 Å². The van der Waals surface area contributed by atoms with Gasteiger partial charge in [-0.1, -0.05) is 30.3 Å². The SMILES string of the molecule is CC(=O)N([O-])CCCCCNC(=O)CCC(=O)N([O-])CCCCCNC(=O)CCC(=O)N([O-])CCCCCNC(=O)CC(CC(=O)O)c1ccccc1.[Fe+3]. The number of carboxylic acid groups (broad SMARTS) is 1. The molecule has 0 aromatic heterocycles. The largest absolute Gasteiger partial charge is 3.00 e. The van der Waals surface area contributed by atoms with E-state index in [4.69, 9.17) is 0 Å². The summed E-state index contributed by atoms with van der Waals surface area (Å²) in [5.74, 6) is -4.38. The van der Waals surface area contributed by atoms with Gasteiger partial charge in [-0.2, -0.15) is 0 Å². The topological polar surface area (TPSA) is 255 Å². The van der Waals surface area contributed by atoms with Crippen LogP contribution in [0.5, 0.6) is 0 Å². The Morgan fingerprint density at radius 1 is 0.574 bits per heavy atom. The molecule has 0 bridgehead atoms. The number of rotatable bonds is 29. The summed E-state index contributed by atoms with van der Waals surface area (Å²) in [7, 11) is 0. The number of amides is 6. The fourth-order valence-corrected chi connectivity index (χ4v) is 5.17. The summed E-state index contributed by atoms with van der Waals surface area (Å²) < 4.78 is 0. The van der Waals surface area contributed by atoms with Gasteiger partial charge in [0.2, 0.25) is 35.4 Å². The predicted molar refractivity (Wildman–Crippen MR) is 196 cm³/mol. The zero-order chi connectivity index (χ0) is 39.4. The first-order valence-corrected chi connectivity index (χ1v) is 18.3. The first-order valence-electron chi connectivity index (χ1n) is 18.3. The average Bonchev–Trinajstić information content (AvgIpc) is 3.13. The second kappa shape index (κ2) is 30.3. The van der Waals surface area contributed by atoms with E-state index in [9.17, 15) is 54.3 Å². The van der Waals surface area contributed by atoms with Crippen LogP contribution in [0.3, 0.4) is 0 Å². The minimum absolute atomic E-state index is 0. The molecule has 303 valence electrons. The van der Waals surface area contributed by atoms with E-state index < -0.39 is 29.6 Å². The van der Waals surface area contributed by atoms with E-state index in [-0.39, 0.29) is 92.9 Å². The van der Waals surface area contributed by atoms with Gasteiger partial charge in [0, 0.05) is 84.2 Å². The molecule has 0 saturated heterocycles. The number of nitrogens with one attached hydrogen (secondary N) is 3. The average molecular weight is 804 g/mol. The normalized spacial score (nSPS) is 11.0. The quantitative estimate of drug-likeness (QED) is 0.0520. The zero-order valence-electron chi connectivity index (χ0n) is 31.0. The molecule has 54 heavy (non-hydrogen) atoms. The van der Waals surface area contributed by atoms with E-state index >= 15 is 0 Å². The Labute approximate surface area is 327 Å². The first kappa shape index (κ1) is 49.9. The molecule has 1 aromatic rings. The Hall–Kier alpha value is -4.09. The van der Waals surface area contributed by atoms with Crippen LogP contribution in [-0.4, -0.2) is 101 Å². The second-order valence-corrected chi connectivity index (χ2v) is 12.8. The third-order valence-corrected chi connectivity index (χ3v) is 8.24. The van der Waals surface area contributed by atoms with Crippen molar-refractivity contribution in [1.29, 1.82) is 0 Å². The van der Waals surface area contributed by atoms with Gasteiger partial charge in [-0.05, 0) is 63.4 Å². The van der Waals surface area contributed by atoms with E-state index in [1.54, 1.807) is 24.3 Å². The van der Waals surface area contributed by atoms with Crippen LogP contribution >= 0.6 is 0 Å². The van der Waals surface area contributed by atoms with Crippen molar-refractivity contribution in [3.05, 3.63) is 51.5 Å². The third-order valence-electron chi connectivity index (χ3n) is 8.24. The fraction of sp³-hybridized carbons (Fsp3) is 0.639. The monoisotopic (exact) mass is 803 g/mol. The van der Waals surface area contributed by atoms with Crippen molar-refractivity contribution >= 4 is 41.4 Å². The molecule has 6 amide bonds. The molecule has 4 N–H and O–H groups in total. The third kappa shape index (κ3) is 25.0. The summed E-state index contributed by atoms with van der Waals surface area (Å²) in [5.41, 5.74) is 0.779. The number of hydroxylamine groups is 6. The molecule has 0 aliphatic carbocycles. The summed E-state index contributed by atoms with van der Waals surface area (Å²) in [5, 5.41) is 53.5. The number of unbranched alkanes of at least 4 members (excludes halogenated alkanes) is 6. The van der Waals surface area contributed by atoms with E-state index in [2.05, 4.69) is 16.0 Å². The molecular weight excluding hydrogens is 748 g/mol.